The fraction of sp³-hybridized carbons (Fsp3) is 0.375. The summed E-state index contributed by atoms with van der Waals surface area (Å²) in [7, 11) is 0. The van der Waals surface area contributed by atoms with Gasteiger partial charge in [-0.3, -0.25) is 0 Å². The highest BCUT2D eigenvalue weighted by Crippen LogP contribution is 2.18. The molecular formula is C8H10ClN5S. The van der Waals surface area contributed by atoms with Crippen molar-refractivity contribution in [3.8, 4) is 0 Å². The third-order valence-electron chi connectivity index (χ3n) is 1.88. The highest BCUT2D eigenvalue weighted by molar-refractivity contribution is 6.99. The SMILES string of the molecule is CC(Cn1ccnc1)Nc1nsnc1Cl. The van der Waals surface area contributed by atoms with Gasteiger partial charge in [-0.1, -0.05) is 11.6 Å². The van der Waals surface area contributed by atoms with Crippen LogP contribution in [0.2, 0.25) is 5.15 Å². The van der Waals surface area contributed by atoms with E-state index in [1.54, 1.807) is 12.5 Å². The highest BCUT2D eigenvalue weighted by Gasteiger charge is 2.08. The summed E-state index contributed by atoms with van der Waals surface area (Å²) in [5.74, 6) is 0.647. The van der Waals surface area contributed by atoms with Gasteiger partial charge in [0.25, 0.3) is 0 Å². The molecule has 0 aliphatic carbocycles. The van der Waals surface area contributed by atoms with E-state index in [4.69, 9.17) is 11.6 Å². The molecule has 1 atom stereocenters. The first-order valence-electron chi connectivity index (χ1n) is 4.46. The molecule has 0 bridgehead atoms. The van der Waals surface area contributed by atoms with E-state index >= 15 is 0 Å². The molecule has 0 spiro atoms. The van der Waals surface area contributed by atoms with E-state index in [9.17, 15) is 0 Å². The molecule has 2 aromatic rings. The Balaban J connectivity index is 1.93. The minimum atomic E-state index is 0.223. The summed E-state index contributed by atoms with van der Waals surface area (Å²) >= 11 is 6.92. The van der Waals surface area contributed by atoms with Gasteiger partial charge in [-0.15, -0.1) is 0 Å². The average Bonchev–Trinajstić information content (AvgIpc) is 2.79. The molecule has 5 nitrogen and oxygen atoms in total. The number of hydrogen-bond acceptors (Lipinski definition) is 5. The zero-order valence-corrected chi connectivity index (χ0v) is 9.66. The van der Waals surface area contributed by atoms with Gasteiger partial charge in [0.2, 0.25) is 0 Å². The minimum Gasteiger partial charge on any atom is -0.362 e. The lowest BCUT2D eigenvalue weighted by Gasteiger charge is -2.13. The first kappa shape index (κ1) is 10.4. The maximum absolute atomic E-state index is 5.82. The van der Waals surface area contributed by atoms with Crippen molar-refractivity contribution in [1.82, 2.24) is 18.3 Å². The van der Waals surface area contributed by atoms with Gasteiger partial charge in [0.1, 0.15) is 0 Å². The lowest BCUT2D eigenvalue weighted by Crippen LogP contribution is -2.21. The second-order valence-electron chi connectivity index (χ2n) is 3.21. The van der Waals surface area contributed by atoms with Crippen LogP contribution >= 0.6 is 23.3 Å². The molecule has 2 heterocycles. The minimum absolute atomic E-state index is 0.223. The van der Waals surface area contributed by atoms with Gasteiger partial charge in [0.05, 0.1) is 18.1 Å². The van der Waals surface area contributed by atoms with Crippen LogP contribution in [0, 0.1) is 0 Å². The van der Waals surface area contributed by atoms with Crippen molar-refractivity contribution in [3.05, 3.63) is 23.9 Å². The largest absolute Gasteiger partial charge is 0.362 e. The summed E-state index contributed by atoms with van der Waals surface area (Å²) in [6.07, 6.45) is 5.45. The van der Waals surface area contributed by atoms with E-state index in [2.05, 4.69) is 26.0 Å². The number of hydrogen-bond donors (Lipinski definition) is 1. The van der Waals surface area contributed by atoms with E-state index in [0.717, 1.165) is 18.3 Å². The van der Waals surface area contributed by atoms with E-state index in [-0.39, 0.29) is 6.04 Å². The molecule has 0 saturated heterocycles. The van der Waals surface area contributed by atoms with Crippen molar-refractivity contribution >= 4 is 29.1 Å². The van der Waals surface area contributed by atoms with Crippen LogP contribution in [0.1, 0.15) is 6.92 Å². The molecule has 2 rings (SSSR count). The Hall–Kier alpha value is -1.14. The van der Waals surface area contributed by atoms with Crippen LogP contribution in [0.5, 0.6) is 0 Å². The Labute approximate surface area is 96.4 Å². The molecule has 0 aliphatic heterocycles. The molecule has 0 saturated carbocycles. The Morgan fingerprint density at radius 2 is 2.47 bits per heavy atom. The maximum atomic E-state index is 5.82. The van der Waals surface area contributed by atoms with Gasteiger partial charge in [0, 0.05) is 25.0 Å². The molecular weight excluding hydrogens is 234 g/mol. The zero-order valence-electron chi connectivity index (χ0n) is 8.09. The number of rotatable bonds is 4. The maximum Gasteiger partial charge on any atom is 0.186 e. The van der Waals surface area contributed by atoms with Crippen molar-refractivity contribution < 1.29 is 0 Å². The second kappa shape index (κ2) is 4.59. The molecule has 1 N–H and O–H groups in total. The van der Waals surface area contributed by atoms with Gasteiger partial charge in [-0.25, -0.2) is 4.98 Å². The van der Waals surface area contributed by atoms with Crippen molar-refractivity contribution in [2.45, 2.75) is 19.5 Å². The molecule has 0 aliphatic rings. The van der Waals surface area contributed by atoms with E-state index in [1.807, 2.05) is 10.8 Å². The Morgan fingerprint density at radius 3 is 3.07 bits per heavy atom. The molecule has 0 amide bonds. The van der Waals surface area contributed by atoms with E-state index in [0.29, 0.717) is 11.0 Å². The lowest BCUT2D eigenvalue weighted by atomic mass is 10.3. The first-order chi connectivity index (χ1) is 7.25. The van der Waals surface area contributed by atoms with Gasteiger partial charge in [-0.05, 0) is 6.92 Å². The molecule has 1 unspecified atom stereocenters. The van der Waals surface area contributed by atoms with Crippen LogP contribution in [-0.4, -0.2) is 24.3 Å². The number of nitrogens with zero attached hydrogens (tertiary/aromatic N) is 4. The number of halogens is 1. The molecule has 0 aromatic carbocycles. The van der Waals surface area contributed by atoms with Gasteiger partial charge in [-0.2, -0.15) is 8.75 Å². The average molecular weight is 244 g/mol. The topological polar surface area (TPSA) is 55.6 Å². The van der Waals surface area contributed by atoms with Crippen LogP contribution in [-0.2, 0) is 6.54 Å². The molecule has 7 heteroatoms. The van der Waals surface area contributed by atoms with Crippen molar-refractivity contribution in [2.24, 2.45) is 0 Å². The van der Waals surface area contributed by atoms with E-state index < -0.39 is 0 Å². The van der Waals surface area contributed by atoms with Crippen LogP contribution in [0.15, 0.2) is 18.7 Å². The molecule has 0 fully saturated rings. The summed E-state index contributed by atoms with van der Waals surface area (Å²) in [5, 5.41) is 3.61. The second-order valence-corrected chi connectivity index (χ2v) is 4.09. The quantitative estimate of drug-likeness (QED) is 0.891. The van der Waals surface area contributed by atoms with Crippen LogP contribution in [0.4, 0.5) is 5.82 Å². The third-order valence-corrected chi connectivity index (χ3v) is 2.77. The Kier molecular flexibility index (Phi) is 3.17. The van der Waals surface area contributed by atoms with Crippen molar-refractivity contribution in [1.29, 1.82) is 0 Å². The summed E-state index contributed by atoms with van der Waals surface area (Å²) in [5.41, 5.74) is 0. The third kappa shape index (κ3) is 2.66. The smallest absolute Gasteiger partial charge is 0.186 e. The van der Waals surface area contributed by atoms with Crippen molar-refractivity contribution in [3.63, 3.8) is 0 Å². The Morgan fingerprint density at radius 1 is 1.60 bits per heavy atom. The predicted octanol–water partition coefficient (Wildman–Crippen LogP) is 1.89. The monoisotopic (exact) mass is 243 g/mol. The molecule has 15 heavy (non-hydrogen) atoms. The van der Waals surface area contributed by atoms with Gasteiger partial charge < -0.3 is 9.88 Å². The van der Waals surface area contributed by atoms with Gasteiger partial charge in [0.15, 0.2) is 11.0 Å². The summed E-state index contributed by atoms with van der Waals surface area (Å²) in [4.78, 5) is 3.97. The van der Waals surface area contributed by atoms with Crippen LogP contribution in [0.25, 0.3) is 0 Å². The number of nitrogens with one attached hydrogen (secondary N) is 1. The standard InChI is InChI=1S/C8H10ClN5S/c1-6(4-14-3-2-10-5-14)11-8-7(9)12-15-13-8/h2-3,5-6H,4H2,1H3,(H,11,13). The molecule has 80 valence electrons. The fourth-order valence-electron chi connectivity index (χ4n) is 1.25. The van der Waals surface area contributed by atoms with E-state index in [1.165, 1.54) is 0 Å². The zero-order chi connectivity index (χ0) is 10.7. The van der Waals surface area contributed by atoms with Crippen molar-refractivity contribution in [2.75, 3.05) is 5.32 Å². The number of aromatic nitrogens is 4. The summed E-state index contributed by atoms with van der Waals surface area (Å²) in [6, 6.07) is 0.223. The van der Waals surface area contributed by atoms with Crippen LogP contribution in [0.3, 0.4) is 0 Å². The highest BCUT2D eigenvalue weighted by atomic mass is 35.5. The summed E-state index contributed by atoms with van der Waals surface area (Å²) < 4.78 is 9.92. The Bertz CT molecular complexity index is 412. The first-order valence-corrected chi connectivity index (χ1v) is 5.57. The fourth-order valence-corrected chi connectivity index (χ4v) is 1.91. The lowest BCUT2D eigenvalue weighted by molar-refractivity contribution is 0.617. The van der Waals surface area contributed by atoms with Crippen LogP contribution < -0.4 is 5.32 Å². The number of imidazole rings is 1. The van der Waals surface area contributed by atoms with Gasteiger partial charge >= 0.3 is 0 Å². The number of anilines is 1. The normalized spacial score (nSPS) is 12.7. The predicted molar refractivity (Wildman–Crippen MR) is 60.2 cm³/mol. The molecule has 0 radical (unpaired) electrons. The molecule has 2 aromatic heterocycles. The summed E-state index contributed by atoms with van der Waals surface area (Å²) in [6.45, 7) is 2.86.